The summed E-state index contributed by atoms with van der Waals surface area (Å²) in [5, 5.41) is 5.77. The van der Waals surface area contributed by atoms with Gasteiger partial charge in [-0.25, -0.2) is 18.2 Å². The maximum atomic E-state index is 12.5. The van der Waals surface area contributed by atoms with Crippen molar-refractivity contribution >= 4 is 21.7 Å². The second kappa shape index (κ2) is 8.96. The van der Waals surface area contributed by atoms with Crippen LogP contribution in [-0.2, 0) is 16.6 Å². The summed E-state index contributed by atoms with van der Waals surface area (Å²) < 4.78 is 28.3. The second-order valence-corrected chi connectivity index (χ2v) is 10.4. The van der Waals surface area contributed by atoms with Crippen LogP contribution in [-0.4, -0.2) is 47.4 Å². The molecule has 0 aliphatic heterocycles. The van der Waals surface area contributed by atoms with Crippen LogP contribution < -0.4 is 10.6 Å². The largest absolute Gasteiger partial charge is 0.335 e. The van der Waals surface area contributed by atoms with Crippen molar-refractivity contribution in [2.45, 2.75) is 58.1 Å². The van der Waals surface area contributed by atoms with Gasteiger partial charge < -0.3 is 15.2 Å². The Morgan fingerprint density at radius 2 is 1.83 bits per heavy atom. The standard InChI is InChI=1S/C20H31N5O3S/c1-15(2)24(6)29(27,28)17-9-7-16(8-10-17)22-19(26)23-18(20(3,4)5)13-25-12-11-21-14-25/h7-12,14-15,18H,13H2,1-6H3,(H2,22,23,26)/t18-/m0/s1. The van der Waals surface area contributed by atoms with Gasteiger partial charge >= 0.3 is 6.03 Å². The lowest BCUT2D eigenvalue weighted by Gasteiger charge is -2.31. The molecule has 8 nitrogen and oxygen atoms in total. The third-order valence-corrected chi connectivity index (χ3v) is 6.87. The van der Waals surface area contributed by atoms with Gasteiger partial charge in [0.2, 0.25) is 10.0 Å². The summed E-state index contributed by atoms with van der Waals surface area (Å²) in [6.07, 6.45) is 5.27. The van der Waals surface area contributed by atoms with Crippen molar-refractivity contribution in [3.05, 3.63) is 43.0 Å². The van der Waals surface area contributed by atoms with Crippen LogP contribution in [0.4, 0.5) is 10.5 Å². The fraction of sp³-hybridized carbons (Fsp3) is 0.500. The number of urea groups is 1. The molecule has 9 heteroatoms. The Labute approximate surface area is 173 Å². The first-order valence-corrected chi connectivity index (χ1v) is 11.0. The van der Waals surface area contributed by atoms with E-state index in [0.29, 0.717) is 12.2 Å². The molecule has 1 aromatic carbocycles. The van der Waals surface area contributed by atoms with Gasteiger partial charge in [0.15, 0.2) is 0 Å². The number of carbonyl (C=O) groups is 1. The van der Waals surface area contributed by atoms with E-state index >= 15 is 0 Å². The highest BCUT2D eigenvalue weighted by atomic mass is 32.2. The first-order valence-electron chi connectivity index (χ1n) is 9.52. The molecule has 0 aliphatic carbocycles. The molecule has 0 saturated carbocycles. The number of benzene rings is 1. The second-order valence-electron chi connectivity index (χ2n) is 8.42. The molecule has 0 fully saturated rings. The molecule has 2 aromatic rings. The molecule has 2 N–H and O–H groups in total. The fourth-order valence-corrected chi connectivity index (χ4v) is 3.99. The van der Waals surface area contributed by atoms with Gasteiger partial charge in [0.1, 0.15) is 0 Å². The normalized spacial score (nSPS) is 13.5. The quantitative estimate of drug-likeness (QED) is 0.718. The number of anilines is 1. The van der Waals surface area contributed by atoms with Gasteiger partial charge in [0.05, 0.1) is 17.3 Å². The Bertz CT molecular complexity index is 901. The average Bonchev–Trinajstić information content (AvgIpc) is 3.13. The SMILES string of the molecule is CC(C)N(C)S(=O)(=O)c1ccc(NC(=O)N[C@@H](Cn2ccnc2)C(C)(C)C)cc1. The van der Waals surface area contributed by atoms with E-state index in [-0.39, 0.29) is 28.4 Å². The van der Waals surface area contributed by atoms with Crippen molar-refractivity contribution in [3.63, 3.8) is 0 Å². The van der Waals surface area contributed by atoms with Gasteiger partial charge in [-0.1, -0.05) is 20.8 Å². The number of sulfonamides is 1. The number of hydrogen-bond acceptors (Lipinski definition) is 4. The van der Waals surface area contributed by atoms with Crippen LogP contribution in [0.25, 0.3) is 0 Å². The van der Waals surface area contributed by atoms with E-state index < -0.39 is 10.0 Å². The summed E-state index contributed by atoms with van der Waals surface area (Å²) in [6.45, 7) is 10.4. The molecule has 0 saturated heterocycles. The van der Waals surface area contributed by atoms with Crippen LogP contribution in [0.15, 0.2) is 47.9 Å². The highest BCUT2D eigenvalue weighted by molar-refractivity contribution is 7.89. The number of nitrogens with one attached hydrogen (secondary N) is 2. The van der Waals surface area contributed by atoms with E-state index in [1.165, 1.54) is 16.4 Å². The van der Waals surface area contributed by atoms with E-state index in [1.54, 1.807) is 31.7 Å². The first-order chi connectivity index (χ1) is 13.4. The van der Waals surface area contributed by atoms with Crippen LogP contribution >= 0.6 is 0 Å². The van der Waals surface area contributed by atoms with Crippen LogP contribution in [0.5, 0.6) is 0 Å². The third kappa shape index (κ3) is 6.04. The molecule has 0 radical (unpaired) electrons. The molecule has 29 heavy (non-hydrogen) atoms. The zero-order valence-electron chi connectivity index (χ0n) is 17.9. The summed E-state index contributed by atoms with van der Waals surface area (Å²) in [5.41, 5.74) is 0.352. The molecular weight excluding hydrogens is 390 g/mol. The van der Waals surface area contributed by atoms with Crippen LogP contribution in [0.2, 0.25) is 0 Å². The number of hydrogen-bond donors (Lipinski definition) is 2. The topological polar surface area (TPSA) is 96.3 Å². The fourth-order valence-electron chi connectivity index (χ4n) is 2.62. The lowest BCUT2D eigenvalue weighted by molar-refractivity contribution is 0.219. The molecular formula is C20H31N5O3S. The van der Waals surface area contributed by atoms with E-state index in [0.717, 1.165) is 0 Å². The molecule has 0 spiro atoms. The minimum atomic E-state index is -3.55. The van der Waals surface area contributed by atoms with Crippen molar-refractivity contribution in [2.24, 2.45) is 5.41 Å². The zero-order chi connectivity index (χ0) is 21.8. The highest BCUT2D eigenvalue weighted by Gasteiger charge is 2.27. The van der Waals surface area contributed by atoms with Crippen molar-refractivity contribution in [3.8, 4) is 0 Å². The predicted molar refractivity (Wildman–Crippen MR) is 114 cm³/mol. The summed E-state index contributed by atoms with van der Waals surface area (Å²) in [5.74, 6) is 0. The zero-order valence-corrected chi connectivity index (χ0v) is 18.7. The van der Waals surface area contributed by atoms with E-state index in [1.807, 2.05) is 24.6 Å². The van der Waals surface area contributed by atoms with E-state index in [9.17, 15) is 13.2 Å². The summed E-state index contributed by atoms with van der Waals surface area (Å²) >= 11 is 0. The smallest absolute Gasteiger partial charge is 0.319 e. The lowest BCUT2D eigenvalue weighted by Crippen LogP contribution is -2.47. The van der Waals surface area contributed by atoms with Crippen LogP contribution in [0, 0.1) is 5.41 Å². The minimum Gasteiger partial charge on any atom is -0.335 e. The van der Waals surface area contributed by atoms with Crippen LogP contribution in [0.3, 0.4) is 0 Å². The highest BCUT2D eigenvalue weighted by Crippen LogP contribution is 2.22. The van der Waals surface area contributed by atoms with Gasteiger partial charge in [0, 0.05) is 37.7 Å². The van der Waals surface area contributed by atoms with Gasteiger partial charge in [-0.15, -0.1) is 0 Å². The number of aromatic nitrogens is 2. The Kier molecular flexibility index (Phi) is 7.07. The van der Waals surface area contributed by atoms with Gasteiger partial charge in [-0.05, 0) is 43.5 Å². The van der Waals surface area contributed by atoms with Crippen molar-refractivity contribution < 1.29 is 13.2 Å². The Morgan fingerprint density at radius 1 is 1.21 bits per heavy atom. The van der Waals surface area contributed by atoms with Gasteiger partial charge in [-0.3, -0.25) is 0 Å². The molecule has 1 heterocycles. The van der Waals surface area contributed by atoms with Crippen molar-refractivity contribution in [2.75, 3.05) is 12.4 Å². The van der Waals surface area contributed by atoms with Crippen LogP contribution in [0.1, 0.15) is 34.6 Å². The molecule has 1 aromatic heterocycles. The Balaban J connectivity index is 2.06. The van der Waals surface area contributed by atoms with Crippen molar-refractivity contribution in [1.29, 1.82) is 0 Å². The van der Waals surface area contributed by atoms with E-state index in [2.05, 4.69) is 36.4 Å². The molecule has 2 amide bonds. The Hall–Kier alpha value is -2.39. The molecule has 0 unspecified atom stereocenters. The molecule has 160 valence electrons. The maximum Gasteiger partial charge on any atom is 0.319 e. The number of amides is 2. The monoisotopic (exact) mass is 421 g/mol. The van der Waals surface area contributed by atoms with Crippen molar-refractivity contribution in [1.82, 2.24) is 19.2 Å². The molecule has 2 rings (SSSR count). The molecule has 1 atom stereocenters. The van der Waals surface area contributed by atoms with Gasteiger partial charge in [0.25, 0.3) is 0 Å². The summed E-state index contributed by atoms with van der Waals surface area (Å²) in [4.78, 5) is 16.7. The summed E-state index contributed by atoms with van der Waals surface area (Å²) in [7, 11) is -2.01. The maximum absolute atomic E-state index is 12.5. The minimum absolute atomic E-state index is 0.129. The number of rotatable bonds is 7. The first kappa shape index (κ1) is 22.9. The summed E-state index contributed by atoms with van der Waals surface area (Å²) in [6, 6.07) is 5.54. The van der Waals surface area contributed by atoms with Gasteiger partial charge in [-0.2, -0.15) is 4.31 Å². The number of carbonyl (C=O) groups excluding carboxylic acids is 1. The number of nitrogens with zero attached hydrogens (tertiary/aromatic N) is 3. The average molecular weight is 422 g/mol. The predicted octanol–water partition coefficient (Wildman–Crippen LogP) is 3.15. The molecule has 0 aliphatic rings. The third-order valence-electron chi connectivity index (χ3n) is 4.82. The van der Waals surface area contributed by atoms with E-state index in [4.69, 9.17) is 0 Å². The lowest BCUT2D eigenvalue weighted by atomic mass is 9.86. The molecule has 0 bridgehead atoms. The number of imidazole rings is 1. The Morgan fingerprint density at radius 3 is 2.31 bits per heavy atom.